The average molecular weight is 363 g/mol. The smallest absolute Gasteiger partial charge is 0.355 e. The molecule has 1 heterocycles. The summed E-state index contributed by atoms with van der Waals surface area (Å²) in [6.07, 6.45) is 0.0668. The maximum absolute atomic E-state index is 12.9. The minimum absolute atomic E-state index is 0.0390. The van der Waals surface area contributed by atoms with Gasteiger partial charge in [-0.15, -0.1) is 0 Å². The maximum atomic E-state index is 12.9. The number of nitrogens with zero attached hydrogens (tertiary/aromatic N) is 2. The van der Waals surface area contributed by atoms with E-state index in [0.29, 0.717) is 5.56 Å². The Morgan fingerprint density at radius 3 is 2.42 bits per heavy atom. The summed E-state index contributed by atoms with van der Waals surface area (Å²) in [4.78, 5) is 34.4. The molecule has 0 spiro atoms. The van der Waals surface area contributed by atoms with Crippen LogP contribution in [0.15, 0.2) is 36.5 Å². The largest absolute Gasteiger partial charge is 0.448 e. The van der Waals surface area contributed by atoms with Gasteiger partial charge in [0.1, 0.15) is 11.5 Å². The van der Waals surface area contributed by atoms with Crippen LogP contribution in [0.4, 0.5) is 10.1 Å². The zero-order chi connectivity index (χ0) is 19.4. The first-order valence-electron chi connectivity index (χ1n) is 7.76. The lowest BCUT2D eigenvalue weighted by Crippen LogP contribution is -2.37. The fourth-order valence-corrected chi connectivity index (χ4v) is 2.29. The number of hydrogen-bond donors (Lipinski definition) is 1. The Morgan fingerprint density at radius 1 is 1.27 bits per heavy atom. The molecule has 2 rings (SSSR count). The summed E-state index contributed by atoms with van der Waals surface area (Å²) in [6, 6.07) is 6.31. The average Bonchev–Trinajstić information content (AvgIpc) is 2.97. The molecule has 9 heteroatoms. The summed E-state index contributed by atoms with van der Waals surface area (Å²) in [6.45, 7) is 3.10. The zero-order valence-electron chi connectivity index (χ0n) is 14.4. The van der Waals surface area contributed by atoms with E-state index in [9.17, 15) is 24.1 Å². The molecule has 0 saturated carbocycles. The van der Waals surface area contributed by atoms with Gasteiger partial charge in [0.25, 0.3) is 11.6 Å². The molecular formula is C17H18FN3O5. The number of halogens is 1. The number of nitrogens with one attached hydrogen (secondary N) is 1. The SMILES string of the molecule is CC(OC(=O)c1cc([N+](=O)[O-])cn1C)C(=O)NC(C)c1ccc(F)cc1. The molecule has 1 aromatic carbocycles. The van der Waals surface area contributed by atoms with Crippen LogP contribution in [-0.2, 0) is 16.6 Å². The summed E-state index contributed by atoms with van der Waals surface area (Å²) < 4.78 is 19.3. The highest BCUT2D eigenvalue weighted by Crippen LogP contribution is 2.17. The molecule has 0 saturated heterocycles. The molecule has 0 aliphatic heterocycles. The number of amides is 1. The molecule has 1 amide bonds. The second-order valence-electron chi connectivity index (χ2n) is 5.78. The van der Waals surface area contributed by atoms with Crippen molar-refractivity contribution >= 4 is 17.6 Å². The number of hydrogen-bond acceptors (Lipinski definition) is 5. The number of carbonyl (C=O) groups excluding carboxylic acids is 2. The van der Waals surface area contributed by atoms with Gasteiger partial charge in [-0.25, -0.2) is 9.18 Å². The van der Waals surface area contributed by atoms with Crippen molar-refractivity contribution in [1.29, 1.82) is 0 Å². The van der Waals surface area contributed by atoms with E-state index >= 15 is 0 Å². The fourth-order valence-electron chi connectivity index (χ4n) is 2.29. The van der Waals surface area contributed by atoms with Crippen molar-refractivity contribution in [3.8, 4) is 0 Å². The minimum Gasteiger partial charge on any atom is -0.448 e. The van der Waals surface area contributed by atoms with Crippen LogP contribution in [0.5, 0.6) is 0 Å². The normalized spacial score (nSPS) is 12.9. The fraction of sp³-hybridized carbons (Fsp3) is 0.294. The van der Waals surface area contributed by atoms with Crippen LogP contribution in [0.25, 0.3) is 0 Å². The van der Waals surface area contributed by atoms with Gasteiger partial charge in [0.15, 0.2) is 6.10 Å². The van der Waals surface area contributed by atoms with Crippen molar-refractivity contribution in [2.24, 2.45) is 7.05 Å². The van der Waals surface area contributed by atoms with E-state index in [-0.39, 0.29) is 17.2 Å². The molecule has 8 nitrogen and oxygen atoms in total. The van der Waals surface area contributed by atoms with E-state index in [1.165, 1.54) is 36.9 Å². The molecule has 138 valence electrons. The van der Waals surface area contributed by atoms with Gasteiger partial charge in [0.2, 0.25) is 0 Å². The van der Waals surface area contributed by atoms with Gasteiger partial charge in [-0.05, 0) is 31.5 Å². The van der Waals surface area contributed by atoms with Crippen molar-refractivity contribution in [2.45, 2.75) is 26.0 Å². The number of nitro groups is 1. The van der Waals surface area contributed by atoms with Gasteiger partial charge < -0.3 is 14.6 Å². The molecule has 1 N–H and O–H groups in total. The van der Waals surface area contributed by atoms with Gasteiger partial charge in [0, 0.05) is 13.1 Å². The molecule has 0 fully saturated rings. The monoisotopic (exact) mass is 363 g/mol. The van der Waals surface area contributed by atoms with Gasteiger partial charge >= 0.3 is 5.97 Å². The van der Waals surface area contributed by atoms with E-state index in [1.54, 1.807) is 19.1 Å². The molecule has 0 radical (unpaired) electrons. The van der Waals surface area contributed by atoms with Crippen LogP contribution >= 0.6 is 0 Å². The first-order chi connectivity index (χ1) is 12.2. The number of carbonyl (C=O) groups is 2. The predicted molar refractivity (Wildman–Crippen MR) is 89.9 cm³/mol. The van der Waals surface area contributed by atoms with E-state index in [1.807, 2.05) is 0 Å². The van der Waals surface area contributed by atoms with Crippen LogP contribution in [0.2, 0.25) is 0 Å². The molecule has 2 atom stereocenters. The third kappa shape index (κ3) is 4.44. The quantitative estimate of drug-likeness (QED) is 0.482. The summed E-state index contributed by atoms with van der Waals surface area (Å²) in [5.74, 6) is -1.78. The van der Waals surface area contributed by atoms with E-state index in [2.05, 4.69) is 5.32 Å². The highest BCUT2D eigenvalue weighted by atomic mass is 19.1. The van der Waals surface area contributed by atoms with E-state index in [0.717, 1.165) is 6.07 Å². The maximum Gasteiger partial charge on any atom is 0.355 e. The Hall–Kier alpha value is -3.23. The Morgan fingerprint density at radius 2 is 1.88 bits per heavy atom. The Bertz CT molecular complexity index is 831. The number of aryl methyl sites for hydroxylation is 1. The molecule has 1 aromatic heterocycles. The third-order valence-electron chi connectivity index (χ3n) is 3.79. The number of benzene rings is 1. The van der Waals surface area contributed by atoms with E-state index in [4.69, 9.17) is 4.74 Å². The first kappa shape index (κ1) is 19.1. The van der Waals surface area contributed by atoms with Crippen molar-refractivity contribution in [2.75, 3.05) is 0 Å². The van der Waals surface area contributed by atoms with Gasteiger partial charge in [-0.2, -0.15) is 0 Å². The second kappa shape index (κ2) is 7.77. The van der Waals surface area contributed by atoms with Crippen molar-refractivity contribution in [3.63, 3.8) is 0 Å². The Kier molecular flexibility index (Phi) is 5.71. The van der Waals surface area contributed by atoms with Crippen LogP contribution < -0.4 is 5.32 Å². The lowest BCUT2D eigenvalue weighted by Gasteiger charge is -2.18. The summed E-state index contributed by atoms with van der Waals surface area (Å²) in [5.41, 5.74) is 0.403. The standard InChI is InChI=1S/C17H18FN3O5/c1-10(12-4-6-13(18)7-5-12)19-16(22)11(2)26-17(23)15-8-14(21(24)25)9-20(15)3/h4-11H,1-3H3,(H,19,22). The van der Waals surface area contributed by atoms with Crippen LogP contribution in [0.3, 0.4) is 0 Å². The summed E-state index contributed by atoms with van der Waals surface area (Å²) >= 11 is 0. The molecular weight excluding hydrogens is 345 g/mol. The lowest BCUT2D eigenvalue weighted by atomic mass is 10.1. The predicted octanol–water partition coefficient (Wildman–Crippen LogP) is 2.50. The molecule has 2 unspecified atom stereocenters. The molecule has 0 aliphatic rings. The highest BCUT2D eigenvalue weighted by Gasteiger charge is 2.24. The Labute approximate surface area is 148 Å². The van der Waals surface area contributed by atoms with Crippen LogP contribution in [0, 0.1) is 15.9 Å². The minimum atomic E-state index is -1.11. The lowest BCUT2D eigenvalue weighted by molar-refractivity contribution is -0.384. The van der Waals surface area contributed by atoms with Crippen molar-refractivity contribution < 1.29 is 23.6 Å². The molecule has 26 heavy (non-hydrogen) atoms. The van der Waals surface area contributed by atoms with Crippen LogP contribution in [-0.4, -0.2) is 27.5 Å². The second-order valence-corrected chi connectivity index (χ2v) is 5.78. The molecule has 2 aromatic rings. The first-order valence-corrected chi connectivity index (χ1v) is 7.76. The highest BCUT2D eigenvalue weighted by molar-refractivity contribution is 5.91. The van der Waals surface area contributed by atoms with Crippen molar-refractivity contribution in [3.05, 3.63) is 63.7 Å². The Balaban J connectivity index is 1.98. The summed E-state index contributed by atoms with van der Waals surface area (Å²) in [5, 5.41) is 13.4. The van der Waals surface area contributed by atoms with E-state index < -0.39 is 28.9 Å². The zero-order valence-corrected chi connectivity index (χ0v) is 14.4. The van der Waals surface area contributed by atoms with Gasteiger partial charge in [-0.1, -0.05) is 12.1 Å². The molecule has 0 aliphatic carbocycles. The molecule has 0 bridgehead atoms. The number of rotatable bonds is 6. The number of aromatic nitrogens is 1. The van der Waals surface area contributed by atoms with Crippen molar-refractivity contribution in [1.82, 2.24) is 9.88 Å². The van der Waals surface area contributed by atoms with Gasteiger partial charge in [-0.3, -0.25) is 14.9 Å². The van der Waals surface area contributed by atoms with Gasteiger partial charge in [0.05, 0.1) is 17.2 Å². The number of ether oxygens (including phenoxy) is 1. The number of esters is 1. The van der Waals surface area contributed by atoms with Crippen LogP contribution in [0.1, 0.15) is 35.9 Å². The topological polar surface area (TPSA) is 103 Å². The third-order valence-corrected chi connectivity index (χ3v) is 3.79. The summed E-state index contributed by atoms with van der Waals surface area (Å²) in [7, 11) is 1.46.